The fraction of sp³-hybridized carbons (Fsp3) is 0.190. The first-order valence-corrected chi connectivity index (χ1v) is 9.49. The molecule has 0 saturated carbocycles. The Hall–Kier alpha value is -2.46. The zero-order chi connectivity index (χ0) is 17.8. The number of amides is 1. The number of hydrogen-bond acceptors (Lipinski definition) is 3. The third-order valence-electron chi connectivity index (χ3n) is 4.38. The maximum absolute atomic E-state index is 12.6. The molecule has 0 fully saturated rings. The zero-order valence-corrected chi connectivity index (χ0v) is 15.1. The van der Waals surface area contributed by atoms with Crippen LogP contribution in [0.25, 0.3) is 10.8 Å². The summed E-state index contributed by atoms with van der Waals surface area (Å²) in [6.45, 7) is 1.88. The number of carbonyl (C=O) groups excluding carboxylic acids is 1. The van der Waals surface area contributed by atoms with E-state index in [1.807, 2.05) is 73.8 Å². The third-order valence-corrected chi connectivity index (χ3v) is 5.30. The zero-order valence-electron chi connectivity index (χ0n) is 14.3. The molecule has 0 saturated heterocycles. The van der Waals surface area contributed by atoms with Crippen molar-refractivity contribution in [2.45, 2.75) is 18.2 Å². The van der Waals surface area contributed by atoms with Crippen LogP contribution in [0.5, 0.6) is 5.75 Å². The van der Waals surface area contributed by atoms with Gasteiger partial charge in [-0.05, 0) is 35.6 Å². The number of hydrogen-bond donors (Lipinski definition) is 2. The van der Waals surface area contributed by atoms with Gasteiger partial charge in [0.05, 0.1) is 11.3 Å². The molecule has 3 rings (SSSR count). The van der Waals surface area contributed by atoms with Crippen LogP contribution in [-0.4, -0.2) is 22.5 Å². The number of phenols is 1. The molecule has 0 aliphatic rings. The van der Waals surface area contributed by atoms with E-state index in [1.165, 1.54) is 11.8 Å². The van der Waals surface area contributed by atoms with Crippen molar-refractivity contribution in [2.75, 3.05) is 6.26 Å². The van der Waals surface area contributed by atoms with E-state index in [-0.39, 0.29) is 16.9 Å². The summed E-state index contributed by atoms with van der Waals surface area (Å²) in [5.41, 5.74) is 1.67. The molecule has 3 nitrogen and oxygen atoms in total. The van der Waals surface area contributed by atoms with Gasteiger partial charge in [0.25, 0.3) is 0 Å². The van der Waals surface area contributed by atoms with Crippen LogP contribution in [0.3, 0.4) is 0 Å². The normalized spacial score (nSPS) is 13.4. The molecule has 0 spiro atoms. The molecule has 2 atom stereocenters. The average Bonchev–Trinajstić information content (AvgIpc) is 2.66. The van der Waals surface area contributed by atoms with E-state index in [0.717, 1.165) is 21.9 Å². The SMILES string of the molecule is CSC(C)C(=O)NC(c1ccccc1)c1c(O)ccc2ccccc12. The number of thioether (sulfide) groups is 1. The van der Waals surface area contributed by atoms with Crippen molar-refractivity contribution in [3.8, 4) is 5.75 Å². The molecule has 2 unspecified atom stereocenters. The maximum Gasteiger partial charge on any atom is 0.233 e. The maximum atomic E-state index is 12.6. The molecule has 128 valence electrons. The Balaban J connectivity index is 2.15. The summed E-state index contributed by atoms with van der Waals surface area (Å²) in [6.07, 6.45) is 1.91. The van der Waals surface area contributed by atoms with Crippen molar-refractivity contribution >= 4 is 28.4 Å². The standard InChI is InChI=1S/C21H21NO2S/c1-14(25-2)21(24)22-20(16-9-4-3-5-10-16)19-17-11-7-6-8-15(17)12-13-18(19)23/h3-14,20,23H,1-2H3,(H,22,24). The van der Waals surface area contributed by atoms with Gasteiger partial charge in [-0.15, -0.1) is 0 Å². The fourth-order valence-electron chi connectivity index (χ4n) is 2.92. The Morgan fingerprint density at radius 3 is 2.40 bits per heavy atom. The van der Waals surface area contributed by atoms with Gasteiger partial charge in [0.1, 0.15) is 5.75 Å². The Labute approximate surface area is 152 Å². The highest BCUT2D eigenvalue weighted by Crippen LogP contribution is 2.36. The first kappa shape index (κ1) is 17.4. The van der Waals surface area contributed by atoms with Crippen LogP contribution in [0.4, 0.5) is 0 Å². The molecule has 25 heavy (non-hydrogen) atoms. The van der Waals surface area contributed by atoms with Crippen molar-refractivity contribution in [2.24, 2.45) is 0 Å². The van der Waals surface area contributed by atoms with Gasteiger partial charge < -0.3 is 10.4 Å². The smallest absolute Gasteiger partial charge is 0.233 e. The highest BCUT2D eigenvalue weighted by molar-refractivity contribution is 7.99. The Morgan fingerprint density at radius 2 is 1.68 bits per heavy atom. The topological polar surface area (TPSA) is 49.3 Å². The quantitative estimate of drug-likeness (QED) is 0.711. The van der Waals surface area contributed by atoms with Gasteiger partial charge in [-0.25, -0.2) is 0 Å². The van der Waals surface area contributed by atoms with Crippen molar-refractivity contribution in [3.05, 3.63) is 77.9 Å². The Bertz CT molecular complexity index is 879. The number of benzene rings is 3. The van der Waals surface area contributed by atoms with Crippen LogP contribution < -0.4 is 5.32 Å². The largest absolute Gasteiger partial charge is 0.508 e. The summed E-state index contributed by atoms with van der Waals surface area (Å²) in [7, 11) is 0. The predicted octanol–water partition coefficient (Wildman–Crippen LogP) is 4.50. The summed E-state index contributed by atoms with van der Waals surface area (Å²) >= 11 is 1.50. The molecule has 0 aliphatic heterocycles. The van der Waals surface area contributed by atoms with Crippen molar-refractivity contribution in [3.63, 3.8) is 0 Å². The second-order valence-electron chi connectivity index (χ2n) is 5.95. The number of phenolic OH excluding ortho intramolecular Hbond substituents is 1. The lowest BCUT2D eigenvalue weighted by Crippen LogP contribution is -2.35. The number of rotatable bonds is 5. The number of carbonyl (C=O) groups is 1. The molecule has 3 aromatic rings. The van der Waals surface area contributed by atoms with Gasteiger partial charge in [-0.1, -0.05) is 60.7 Å². The molecule has 0 aliphatic carbocycles. The summed E-state index contributed by atoms with van der Waals surface area (Å²) in [4.78, 5) is 12.6. The predicted molar refractivity (Wildman–Crippen MR) is 105 cm³/mol. The Kier molecular flexibility index (Phi) is 5.29. The van der Waals surface area contributed by atoms with Gasteiger partial charge in [0, 0.05) is 5.56 Å². The number of nitrogens with one attached hydrogen (secondary N) is 1. The lowest BCUT2D eigenvalue weighted by molar-refractivity contribution is -0.120. The van der Waals surface area contributed by atoms with Crippen LogP contribution >= 0.6 is 11.8 Å². The highest BCUT2D eigenvalue weighted by Gasteiger charge is 2.24. The fourth-order valence-corrected chi connectivity index (χ4v) is 3.20. The summed E-state index contributed by atoms with van der Waals surface area (Å²) < 4.78 is 0. The molecule has 0 heterocycles. The van der Waals surface area contributed by atoms with E-state index < -0.39 is 6.04 Å². The monoisotopic (exact) mass is 351 g/mol. The molecule has 1 amide bonds. The third kappa shape index (κ3) is 3.64. The van der Waals surface area contributed by atoms with Crippen LogP contribution in [0.1, 0.15) is 24.1 Å². The van der Waals surface area contributed by atoms with Gasteiger partial charge >= 0.3 is 0 Å². The minimum absolute atomic E-state index is 0.0475. The van der Waals surface area contributed by atoms with Gasteiger partial charge in [0.15, 0.2) is 0 Å². The van der Waals surface area contributed by atoms with E-state index in [9.17, 15) is 9.90 Å². The van der Waals surface area contributed by atoms with Crippen molar-refractivity contribution in [1.29, 1.82) is 0 Å². The molecule has 3 aromatic carbocycles. The average molecular weight is 351 g/mol. The lowest BCUT2D eigenvalue weighted by Gasteiger charge is -2.24. The second kappa shape index (κ2) is 7.62. The van der Waals surface area contributed by atoms with Crippen LogP contribution in [-0.2, 0) is 4.79 Å². The minimum atomic E-state index is -0.408. The molecule has 2 N–H and O–H groups in total. The van der Waals surface area contributed by atoms with Gasteiger partial charge in [-0.2, -0.15) is 11.8 Å². The minimum Gasteiger partial charge on any atom is -0.508 e. The highest BCUT2D eigenvalue weighted by atomic mass is 32.2. The van der Waals surface area contributed by atoms with Crippen molar-refractivity contribution in [1.82, 2.24) is 5.32 Å². The van der Waals surface area contributed by atoms with E-state index in [1.54, 1.807) is 6.07 Å². The first-order valence-electron chi connectivity index (χ1n) is 8.20. The van der Waals surface area contributed by atoms with Crippen molar-refractivity contribution < 1.29 is 9.90 Å². The summed E-state index contributed by atoms with van der Waals surface area (Å²) in [6, 6.07) is 20.8. The Morgan fingerprint density at radius 1 is 1.00 bits per heavy atom. The number of aromatic hydroxyl groups is 1. The molecular formula is C21H21NO2S. The van der Waals surface area contributed by atoms with E-state index in [2.05, 4.69) is 5.32 Å². The van der Waals surface area contributed by atoms with Crippen LogP contribution in [0.2, 0.25) is 0 Å². The van der Waals surface area contributed by atoms with Crippen LogP contribution in [0, 0.1) is 0 Å². The summed E-state index contributed by atoms with van der Waals surface area (Å²) in [5, 5.41) is 15.5. The van der Waals surface area contributed by atoms with E-state index in [0.29, 0.717) is 0 Å². The van der Waals surface area contributed by atoms with Gasteiger partial charge in [-0.3, -0.25) is 4.79 Å². The van der Waals surface area contributed by atoms with Gasteiger partial charge in [0.2, 0.25) is 5.91 Å². The number of fused-ring (bicyclic) bond motifs is 1. The molecular weight excluding hydrogens is 330 g/mol. The molecule has 4 heteroatoms. The van der Waals surface area contributed by atoms with E-state index in [4.69, 9.17) is 0 Å². The molecule has 0 aromatic heterocycles. The van der Waals surface area contributed by atoms with Crippen LogP contribution in [0.15, 0.2) is 66.7 Å². The van der Waals surface area contributed by atoms with E-state index >= 15 is 0 Å². The molecule has 0 radical (unpaired) electrons. The lowest BCUT2D eigenvalue weighted by atomic mass is 9.92. The first-order chi connectivity index (χ1) is 12.1. The molecule has 0 bridgehead atoms. The second-order valence-corrected chi connectivity index (χ2v) is 7.13. The summed E-state index contributed by atoms with van der Waals surface area (Å²) in [5.74, 6) is 0.137.